The quantitative estimate of drug-likeness (QED) is 0.528. The molecule has 1 aliphatic rings. The fourth-order valence-corrected chi connectivity index (χ4v) is 1.68. The van der Waals surface area contributed by atoms with Gasteiger partial charge in [-0.05, 0) is 24.4 Å². The second kappa shape index (κ2) is 6.58. The van der Waals surface area contributed by atoms with Gasteiger partial charge in [-0.25, -0.2) is 0 Å². The number of benzene rings is 1. The number of carbonyl (C=O) groups excluding carboxylic acids is 1. The fraction of sp³-hybridized carbons (Fsp3) is 0.214. The van der Waals surface area contributed by atoms with Crippen molar-refractivity contribution in [1.29, 1.82) is 0 Å². The first kappa shape index (κ1) is 14.8. The van der Waals surface area contributed by atoms with E-state index in [9.17, 15) is 4.79 Å². The van der Waals surface area contributed by atoms with Gasteiger partial charge in [-0.2, -0.15) is 0 Å². The van der Waals surface area contributed by atoms with Crippen LogP contribution in [0.15, 0.2) is 48.2 Å². The lowest BCUT2D eigenvalue weighted by molar-refractivity contribution is -0.0000110. The Balaban J connectivity index is 0.00000162. The number of allylic oxidation sites excluding steroid dienone is 2. The van der Waals surface area contributed by atoms with Crippen molar-refractivity contribution in [3.8, 4) is 5.75 Å². The van der Waals surface area contributed by atoms with Crippen molar-refractivity contribution >= 4 is 5.78 Å². The van der Waals surface area contributed by atoms with E-state index in [0.29, 0.717) is 11.3 Å². The Morgan fingerprint density at radius 2 is 2.17 bits per heavy atom. The first-order valence-electron chi connectivity index (χ1n) is 5.48. The standard InChI is InChI=1S/C14H15NO2.HI/c1-15-8-6-11(7-9-15)14(16)12-4-3-5-13(10-12)17-2;/h3-8,10H,9H2,1-2H3;1H/p-1. The van der Waals surface area contributed by atoms with Crippen LogP contribution in [0.3, 0.4) is 0 Å². The van der Waals surface area contributed by atoms with Crippen LogP contribution in [0, 0.1) is 0 Å². The number of methoxy groups -OCH3 is 1. The molecule has 96 valence electrons. The molecule has 0 aliphatic carbocycles. The van der Waals surface area contributed by atoms with Crippen LogP contribution in [0.25, 0.3) is 0 Å². The molecule has 0 spiro atoms. The molecular weight excluding hydrogens is 341 g/mol. The summed E-state index contributed by atoms with van der Waals surface area (Å²) in [6, 6.07) is 7.22. The highest BCUT2D eigenvalue weighted by Gasteiger charge is 2.12. The molecule has 1 aromatic carbocycles. The minimum absolute atomic E-state index is 0. The molecule has 0 bridgehead atoms. The normalized spacial score (nSPS) is 13.7. The van der Waals surface area contributed by atoms with E-state index in [1.807, 2.05) is 42.4 Å². The summed E-state index contributed by atoms with van der Waals surface area (Å²) in [6.07, 6.45) is 5.68. The predicted molar refractivity (Wildman–Crippen MR) is 67.2 cm³/mol. The molecule has 1 heterocycles. The van der Waals surface area contributed by atoms with Crippen LogP contribution in [-0.2, 0) is 0 Å². The Bertz CT molecular complexity index is 494. The molecule has 3 nitrogen and oxygen atoms in total. The minimum atomic E-state index is 0. The van der Waals surface area contributed by atoms with Crippen LogP contribution < -0.4 is 28.7 Å². The highest BCUT2D eigenvalue weighted by atomic mass is 127. The molecule has 0 radical (unpaired) electrons. The van der Waals surface area contributed by atoms with Gasteiger partial charge in [0.2, 0.25) is 0 Å². The second-order valence-electron chi connectivity index (χ2n) is 3.98. The molecule has 0 saturated heterocycles. The van der Waals surface area contributed by atoms with Crippen LogP contribution in [0.4, 0.5) is 0 Å². The maximum Gasteiger partial charge on any atom is 0.192 e. The van der Waals surface area contributed by atoms with Gasteiger partial charge in [0.15, 0.2) is 5.78 Å². The van der Waals surface area contributed by atoms with Crippen molar-refractivity contribution in [2.24, 2.45) is 0 Å². The van der Waals surface area contributed by atoms with E-state index in [0.717, 1.165) is 12.1 Å². The maximum absolute atomic E-state index is 12.2. The zero-order valence-electron chi connectivity index (χ0n) is 10.4. The molecule has 4 heteroatoms. The number of likely N-dealkylation sites (N-methyl/N-ethyl adjacent to an activating group) is 1. The number of ether oxygens (including phenoxy) is 1. The number of hydrogen-bond donors (Lipinski definition) is 0. The molecule has 0 amide bonds. The van der Waals surface area contributed by atoms with E-state index in [1.54, 1.807) is 19.2 Å². The Kier molecular flexibility index (Phi) is 5.40. The van der Waals surface area contributed by atoms with Gasteiger partial charge in [0, 0.05) is 24.7 Å². The molecule has 0 atom stereocenters. The zero-order valence-corrected chi connectivity index (χ0v) is 12.5. The SMILES string of the molecule is COc1cccc(C(=O)C2=CCN(C)C=C2)c1.[I-]. The minimum Gasteiger partial charge on any atom is -1.00 e. The zero-order chi connectivity index (χ0) is 12.3. The van der Waals surface area contributed by atoms with E-state index >= 15 is 0 Å². The van der Waals surface area contributed by atoms with E-state index in [-0.39, 0.29) is 29.8 Å². The number of rotatable bonds is 3. The fourth-order valence-electron chi connectivity index (χ4n) is 1.68. The monoisotopic (exact) mass is 356 g/mol. The Hall–Kier alpha value is -1.30. The van der Waals surface area contributed by atoms with Gasteiger partial charge < -0.3 is 33.6 Å². The van der Waals surface area contributed by atoms with E-state index in [4.69, 9.17) is 4.74 Å². The van der Waals surface area contributed by atoms with Gasteiger partial charge in [0.1, 0.15) is 5.75 Å². The van der Waals surface area contributed by atoms with E-state index in [1.165, 1.54) is 0 Å². The van der Waals surface area contributed by atoms with Crippen LogP contribution >= 0.6 is 0 Å². The van der Waals surface area contributed by atoms with Gasteiger partial charge in [-0.15, -0.1) is 0 Å². The van der Waals surface area contributed by atoms with E-state index < -0.39 is 0 Å². The number of hydrogen-bond acceptors (Lipinski definition) is 3. The molecule has 1 aliphatic heterocycles. The molecule has 0 fully saturated rings. The summed E-state index contributed by atoms with van der Waals surface area (Å²) in [5.41, 5.74) is 1.39. The smallest absolute Gasteiger partial charge is 0.192 e. The van der Waals surface area contributed by atoms with Crippen molar-refractivity contribution in [2.75, 3.05) is 20.7 Å². The first-order chi connectivity index (χ1) is 8.20. The first-order valence-corrected chi connectivity index (χ1v) is 5.48. The summed E-state index contributed by atoms with van der Waals surface area (Å²) in [4.78, 5) is 14.2. The third kappa shape index (κ3) is 3.35. The summed E-state index contributed by atoms with van der Waals surface area (Å²) in [7, 11) is 3.57. The average molecular weight is 356 g/mol. The number of Topliss-reactive ketones (excluding diaryl/α,β-unsaturated/α-hetero) is 1. The second-order valence-corrected chi connectivity index (χ2v) is 3.98. The van der Waals surface area contributed by atoms with Gasteiger partial charge in [0.05, 0.1) is 7.11 Å². The van der Waals surface area contributed by atoms with Crippen molar-refractivity contribution in [3.63, 3.8) is 0 Å². The number of ketones is 1. The molecule has 2 rings (SSSR count). The molecule has 18 heavy (non-hydrogen) atoms. The lowest BCUT2D eigenvalue weighted by Crippen LogP contribution is -3.00. The topological polar surface area (TPSA) is 29.5 Å². The molecule has 0 unspecified atom stereocenters. The van der Waals surface area contributed by atoms with Crippen molar-refractivity contribution in [1.82, 2.24) is 4.90 Å². The highest BCUT2D eigenvalue weighted by Crippen LogP contribution is 2.17. The molecule has 0 saturated carbocycles. The molecule has 0 aromatic heterocycles. The summed E-state index contributed by atoms with van der Waals surface area (Å²) in [6.45, 7) is 0.765. The number of halogens is 1. The van der Waals surface area contributed by atoms with Crippen LogP contribution in [0.2, 0.25) is 0 Å². The van der Waals surface area contributed by atoms with Gasteiger partial charge in [0.25, 0.3) is 0 Å². The molecule has 0 N–H and O–H groups in total. The van der Waals surface area contributed by atoms with Crippen LogP contribution in [0.5, 0.6) is 5.75 Å². The Morgan fingerprint density at radius 1 is 1.39 bits per heavy atom. The maximum atomic E-state index is 12.2. The van der Waals surface area contributed by atoms with Gasteiger partial charge in [-0.1, -0.05) is 18.2 Å². The Labute approximate surface area is 124 Å². The highest BCUT2D eigenvalue weighted by molar-refractivity contribution is 6.10. The molecular formula is C14H15INO2-. The molecule has 1 aromatic rings. The number of carbonyl (C=O) groups is 1. The summed E-state index contributed by atoms with van der Waals surface area (Å²) >= 11 is 0. The van der Waals surface area contributed by atoms with Crippen molar-refractivity contribution < 1.29 is 33.5 Å². The van der Waals surface area contributed by atoms with Crippen LogP contribution in [-0.4, -0.2) is 31.4 Å². The van der Waals surface area contributed by atoms with E-state index in [2.05, 4.69) is 0 Å². The lowest BCUT2D eigenvalue weighted by atomic mass is 10.0. The third-order valence-electron chi connectivity index (χ3n) is 2.70. The summed E-state index contributed by atoms with van der Waals surface area (Å²) < 4.78 is 5.11. The van der Waals surface area contributed by atoms with Gasteiger partial charge in [-0.3, -0.25) is 4.79 Å². The van der Waals surface area contributed by atoms with Crippen LogP contribution in [0.1, 0.15) is 10.4 Å². The predicted octanol–water partition coefficient (Wildman–Crippen LogP) is -0.733. The largest absolute Gasteiger partial charge is 1.00 e. The van der Waals surface area contributed by atoms with Gasteiger partial charge >= 0.3 is 0 Å². The van der Waals surface area contributed by atoms with Crippen molar-refractivity contribution in [3.05, 3.63) is 53.8 Å². The summed E-state index contributed by atoms with van der Waals surface area (Å²) in [5.74, 6) is 0.738. The Morgan fingerprint density at radius 3 is 2.78 bits per heavy atom. The lowest BCUT2D eigenvalue weighted by Gasteiger charge is -2.16. The average Bonchev–Trinajstić information content (AvgIpc) is 2.39. The number of nitrogens with zero attached hydrogens (tertiary/aromatic N) is 1. The third-order valence-corrected chi connectivity index (χ3v) is 2.70. The summed E-state index contributed by atoms with van der Waals surface area (Å²) in [5, 5.41) is 0. The van der Waals surface area contributed by atoms with Crippen molar-refractivity contribution in [2.45, 2.75) is 0 Å².